The molecule has 1 saturated heterocycles. The normalized spacial score (nSPS) is 20.9. The Hall–Kier alpha value is -1.62. The number of nitrogens with one attached hydrogen (secondary N) is 1. The molecular formula is C16H25N5. The van der Waals surface area contributed by atoms with Crippen LogP contribution in [0.4, 0.5) is 5.82 Å². The number of nitrogens with zero attached hydrogens (tertiary/aromatic N) is 4. The van der Waals surface area contributed by atoms with Crippen molar-refractivity contribution in [1.82, 2.24) is 19.9 Å². The molecule has 1 aliphatic heterocycles. The van der Waals surface area contributed by atoms with Gasteiger partial charge in [-0.3, -0.25) is 0 Å². The fourth-order valence-electron chi connectivity index (χ4n) is 3.31. The standard InChI is InChI=1S/C16H25N5/c1-3-8-17-13(2)14-6-4-5-11-20(14)16-15-7-9-19-21(15)12-10-18-16/h7,9-10,12-14,17H,3-6,8,11H2,1-2H3. The van der Waals surface area contributed by atoms with Crippen molar-refractivity contribution in [3.63, 3.8) is 0 Å². The van der Waals surface area contributed by atoms with Crippen molar-refractivity contribution in [3.8, 4) is 0 Å². The molecule has 2 aromatic heterocycles. The zero-order valence-electron chi connectivity index (χ0n) is 13.0. The first-order valence-electron chi connectivity index (χ1n) is 8.09. The van der Waals surface area contributed by atoms with Gasteiger partial charge in [0.15, 0.2) is 5.82 Å². The van der Waals surface area contributed by atoms with Gasteiger partial charge in [-0.05, 0) is 45.2 Å². The third-order valence-electron chi connectivity index (χ3n) is 4.42. The highest BCUT2D eigenvalue weighted by atomic mass is 15.3. The molecule has 0 spiro atoms. The number of fused-ring (bicyclic) bond motifs is 1. The van der Waals surface area contributed by atoms with Gasteiger partial charge < -0.3 is 10.2 Å². The molecule has 1 aliphatic rings. The summed E-state index contributed by atoms with van der Waals surface area (Å²) in [6.45, 7) is 6.68. The van der Waals surface area contributed by atoms with Crippen molar-refractivity contribution in [2.45, 2.75) is 51.6 Å². The van der Waals surface area contributed by atoms with Crippen LogP contribution >= 0.6 is 0 Å². The van der Waals surface area contributed by atoms with E-state index < -0.39 is 0 Å². The predicted molar refractivity (Wildman–Crippen MR) is 85.7 cm³/mol. The van der Waals surface area contributed by atoms with Gasteiger partial charge in [-0.1, -0.05) is 6.92 Å². The van der Waals surface area contributed by atoms with Crippen molar-refractivity contribution in [2.75, 3.05) is 18.0 Å². The first-order chi connectivity index (χ1) is 10.3. The van der Waals surface area contributed by atoms with Crippen LogP contribution in [-0.2, 0) is 0 Å². The van der Waals surface area contributed by atoms with E-state index in [2.05, 4.69) is 40.2 Å². The predicted octanol–water partition coefficient (Wildman–Crippen LogP) is 2.48. The minimum absolute atomic E-state index is 0.482. The summed E-state index contributed by atoms with van der Waals surface area (Å²) < 4.78 is 1.91. The van der Waals surface area contributed by atoms with Crippen molar-refractivity contribution >= 4 is 11.3 Å². The lowest BCUT2D eigenvalue weighted by atomic mass is 9.96. The lowest BCUT2D eigenvalue weighted by Gasteiger charge is -2.40. The maximum Gasteiger partial charge on any atom is 0.154 e. The van der Waals surface area contributed by atoms with Crippen LogP contribution in [0.3, 0.4) is 0 Å². The summed E-state index contributed by atoms with van der Waals surface area (Å²) in [5.74, 6) is 1.07. The van der Waals surface area contributed by atoms with Gasteiger partial charge in [-0.25, -0.2) is 9.50 Å². The molecule has 0 radical (unpaired) electrons. The Morgan fingerprint density at radius 3 is 3.14 bits per heavy atom. The van der Waals surface area contributed by atoms with E-state index in [-0.39, 0.29) is 0 Å². The highest BCUT2D eigenvalue weighted by Crippen LogP contribution is 2.28. The van der Waals surface area contributed by atoms with Gasteiger partial charge in [0, 0.05) is 31.0 Å². The zero-order valence-corrected chi connectivity index (χ0v) is 13.0. The molecule has 3 heterocycles. The molecule has 3 rings (SSSR count). The minimum Gasteiger partial charge on any atom is -0.350 e. The third-order valence-corrected chi connectivity index (χ3v) is 4.42. The third kappa shape index (κ3) is 2.88. The molecule has 0 aliphatic carbocycles. The molecule has 0 bridgehead atoms. The van der Waals surface area contributed by atoms with Crippen molar-refractivity contribution < 1.29 is 0 Å². The van der Waals surface area contributed by atoms with E-state index in [9.17, 15) is 0 Å². The number of hydrogen-bond donors (Lipinski definition) is 1. The number of piperidine rings is 1. The fourth-order valence-corrected chi connectivity index (χ4v) is 3.31. The Morgan fingerprint density at radius 1 is 1.38 bits per heavy atom. The summed E-state index contributed by atoms with van der Waals surface area (Å²) in [6, 6.07) is 3.05. The molecule has 5 nitrogen and oxygen atoms in total. The summed E-state index contributed by atoms with van der Waals surface area (Å²) >= 11 is 0. The quantitative estimate of drug-likeness (QED) is 0.917. The first kappa shape index (κ1) is 14.3. The second kappa shape index (κ2) is 6.43. The smallest absolute Gasteiger partial charge is 0.154 e. The van der Waals surface area contributed by atoms with Crippen LogP contribution in [0.2, 0.25) is 0 Å². The van der Waals surface area contributed by atoms with Crippen molar-refractivity contribution in [1.29, 1.82) is 0 Å². The van der Waals surface area contributed by atoms with Gasteiger partial charge in [0.2, 0.25) is 0 Å². The second-order valence-corrected chi connectivity index (χ2v) is 5.91. The highest BCUT2D eigenvalue weighted by molar-refractivity contribution is 5.68. The summed E-state index contributed by atoms with van der Waals surface area (Å²) in [5.41, 5.74) is 1.10. The maximum atomic E-state index is 4.65. The van der Waals surface area contributed by atoms with Crippen LogP contribution in [0.1, 0.15) is 39.5 Å². The highest BCUT2D eigenvalue weighted by Gasteiger charge is 2.29. The molecule has 114 valence electrons. The molecule has 1 N–H and O–H groups in total. The topological polar surface area (TPSA) is 45.5 Å². The fraction of sp³-hybridized carbons (Fsp3) is 0.625. The molecule has 0 aromatic carbocycles. The molecule has 5 heteroatoms. The number of aromatic nitrogens is 3. The average molecular weight is 287 g/mol. The average Bonchev–Trinajstić information content (AvgIpc) is 3.01. The lowest BCUT2D eigenvalue weighted by Crippen LogP contribution is -2.51. The second-order valence-electron chi connectivity index (χ2n) is 5.91. The number of anilines is 1. The minimum atomic E-state index is 0.482. The Balaban J connectivity index is 1.88. The van der Waals surface area contributed by atoms with Crippen LogP contribution in [0, 0.1) is 0 Å². The van der Waals surface area contributed by atoms with E-state index in [1.165, 1.54) is 25.7 Å². The van der Waals surface area contributed by atoms with Crippen molar-refractivity contribution in [2.24, 2.45) is 0 Å². The van der Waals surface area contributed by atoms with E-state index in [0.29, 0.717) is 12.1 Å². The van der Waals surface area contributed by atoms with Gasteiger partial charge in [0.1, 0.15) is 5.52 Å². The van der Waals surface area contributed by atoms with E-state index in [0.717, 1.165) is 24.4 Å². The lowest BCUT2D eigenvalue weighted by molar-refractivity contribution is 0.366. The van der Waals surface area contributed by atoms with Gasteiger partial charge in [-0.2, -0.15) is 5.10 Å². The molecule has 0 amide bonds. The molecule has 0 saturated carbocycles. The maximum absolute atomic E-state index is 4.65. The monoisotopic (exact) mass is 287 g/mol. The summed E-state index contributed by atoms with van der Waals surface area (Å²) in [6.07, 6.45) is 10.6. The van der Waals surface area contributed by atoms with Crippen LogP contribution < -0.4 is 10.2 Å². The van der Waals surface area contributed by atoms with Crippen LogP contribution in [0.15, 0.2) is 24.7 Å². The molecule has 1 fully saturated rings. The number of hydrogen-bond acceptors (Lipinski definition) is 4. The summed E-state index contributed by atoms with van der Waals surface area (Å²) in [5, 5.41) is 7.98. The van der Waals surface area contributed by atoms with Crippen LogP contribution in [0.5, 0.6) is 0 Å². The Morgan fingerprint density at radius 2 is 2.29 bits per heavy atom. The summed E-state index contributed by atoms with van der Waals surface area (Å²) in [7, 11) is 0. The van der Waals surface area contributed by atoms with Crippen LogP contribution in [0.25, 0.3) is 5.52 Å². The Bertz CT molecular complexity index is 579. The molecule has 21 heavy (non-hydrogen) atoms. The van der Waals surface area contributed by atoms with Gasteiger partial charge in [-0.15, -0.1) is 0 Å². The molecule has 2 aromatic rings. The first-order valence-corrected chi connectivity index (χ1v) is 8.09. The Kier molecular flexibility index (Phi) is 4.39. The molecule has 2 unspecified atom stereocenters. The molecular weight excluding hydrogens is 262 g/mol. The van der Waals surface area contributed by atoms with E-state index in [4.69, 9.17) is 0 Å². The van der Waals surface area contributed by atoms with E-state index in [1.54, 1.807) is 0 Å². The number of rotatable bonds is 5. The molecule has 2 atom stereocenters. The van der Waals surface area contributed by atoms with Crippen LogP contribution in [-0.4, -0.2) is 39.8 Å². The summed E-state index contributed by atoms with van der Waals surface area (Å²) in [4.78, 5) is 7.13. The van der Waals surface area contributed by atoms with E-state index >= 15 is 0 Å². The zero-order chi connectivity index (χ0) is 14.7. The van der Waals surface area contributed by atoms with Gasteiger partial charge in [0.25, 0.3) is 0 Å². The SMILES string of the molecule is CCCNC(C)C1CCCCN1c1nccn2nccc12. The van der Waals surface area contributed by atoms with Crippen molar-refractivity contribution in [3.05, 3.63) is 24.7 Å². The van der Waals surface area contributed by atoms with E-state index in [1.807, 2.05) is 23.1 Å². The largest absolute Gasteiger partial charge is 0.350 e. The van der Waals surface area contributed by atoms with Gasteiger partial charge >= 0.3 is 0 Å². The van der Waals surface area contributed by atoms with Gasteiger partial charge in [0.05, 0.1) is 6.20 Å². The Labute approximate surface area is 126 Å².